The van der Waals surface area contributed by atoms with Gasteiger partial charge < -0.3 is 14.2 Å². The molecular weight excluding hydrogens is 367 g/mol. The molecule has 0 amide bonds. The van der Waals surface area contributed by atoms with Gasteiger partial charge in [0.15, 0.2) is 0 Å². The maximum absolute atomic E-state index is 6.30. The Balaban J connectivity index is 2.27. The van der Waals surface area contributed by atoms with Gasteiger partial charge in [-0.15, -0.1) is 0 Å². The van der Waals surface area contributed by atoms with E-state index >= 15 is 0 Å². The Hall–Kier alpha value is -1.73. The Morgan fingerprint density at radius 1 is 0.893 bits per heavy atom. The first kappa shape index (κ1) is 21.0. The normalized spacial score (nSPS) is 18.9. The SMILES string of the molecule is CC(C)Oc1cccc(OC(C)C)c1-c1cccc2c1P(C(C)(C)C)[C@H](C)O2. The molecule has 0 aromatic heterocycles. The van der Waals surface area contributed by atoms with Crippen LogP contribution in [0.3, 0.4) is 0 Å². The van der Waals surface area contributed by atoms with E-state index in [1.165, 1.54) is 10.9 Å². The third kappa shape index (κ3) is 4.15. The third-order valence-corrected chi connectivity index (χ3v) is 7.83. The van der Waals surface area contributed by atoms with E-state index in [9.17, 15) is 0 Å². The highest BCUT2D eigenvalue weighted by Gasteiger charge is 2.41. The minimum atomic E-state index is -0.506. The van der Waals surface area contributed by atoms with Gasteiger partial charge in [0.1, 0.15) is 23.1 Å². The summed E-state index contributed by atoms with van der Waals surface area (Å²) in [5.41, 5.74) is 2.21. The van der Waals surface area contributed by atoms with Crippen molar-refractivity contribution in [1.82, 2.24) is 0 Å². The highest BCUT2D eigenvalue weighted by Crippen LogP contribution is 2.60. The molecule has 0 aliphatic carbocycles. The van der Waals surface area contributed by atoms with Crippen molar-refractivity contribution < 1.29 is 14.2 Å². The van der Waals surface area contributed by atoms with E-state index in [2.05, 4.69) is 73.6 Å². The van der Waals surface area contributed by atoms with E-state index in [1.807, 2.05) is 18.2 Å². The molecule has 0 bridgehead atoms. The van der Waals surface area contributed by atoms with Gasteiger partial charge in [-0.3, -0.25) is 0 Å². The molecule has 2 aromatic carbocycles. The van der Waals surface area contributed by atoms with Crippen LogP contribution < -0.4 is 19.5 Å². The first-order chi connectivity index (χ1) is 13.1. The monoisotopic (exact) mass is 400 g/mol. The average Bonchev–Trinajstić information content (AvgIpc) is 2.90. The van der Waals surface area contributed by atoms with E-state index in [-0.39, 0.29) is 23.2 Å². The molecule has 1 heterocycles. The van der Waals surface area contributed by atoms with Gasteiger partial charge in [0.25, 0.3) is 0 Å². The number of benzene rings is 2. The minimum absolute atomic E-state index is 0.0871. The molecule has 152 valence electrons. The van der Waals surface area contributed by atoms with Gasteiger partial charge in [0.05, 0.1) is 17.8 Å². The molecule has 0 N–H and O–H groups in total. The topological polar surface area (TPSA) is 27.7 Å². The standard InChI is InChI=1S/C24H33O3P/c1-15(2)25-19-12-10-13-20(26-16(3)4)22(19)18-11-9-14-21-23(18)28(17(5)27-21)24(6,7)8/h9-17H,1-8H3/t17-,28?/m1/s1. The summed E-state index contributed by atoms with van der Waals surface area (Å²) in [6.07, 6.45) is 0.174. The molecule has 0 saturated heterocycles. The molecule has 4 heteroatoms. The first-order valence-electron chi connectivity index (χ1n) is 10.1. The zero-order chi connectivity index (χ0) is 20.6. The average molecular weight is 400 g/mol. The van der Waals surface area contributed by atoms with Crippen LogP contribution in [0, 0.1) is 0 Å². The van der Waals surface area contributed by atoms with Crippen LogP contribution in [-0.4, -0.2) is 23.2 Å². The van der Waals surface area contributed by atoms with E-state index in [0.29, 0.717) is 0 Å². The van der Waals surface area contributed by atoms with E-state index < -0.39 is 7.92 Å². The van der Waals surface area contributed by atoms with Gasteiger partial charge in [-0.2, -0.15) is 0 Å². The summed E-state index contributed by atoms with van der Waals surface area (Å²) in [5, 5.41) is 1.47. The van der Waals surface area contributed by atoms with Crippen molar-refractivity contribution >= 4 is 13.2 Å². The lowest BCUT2D eigenvalue weighted by Crippen LogP contribution is -2.23. The van der Waals surface area contributed by atoms with Gasteiger partial charge in [0, 0.05) is 10.9 Å². The van der Waals surface area contributed by atoms with Gasteiger partial charge in [-0.05, 0) is 65.9 Å². The Bertz CT molecular complexity index is 808. The fourth-order valence-corrected chi connectivity index (χ4v) is 7.00. The molecule has 0 saturated carbocycles. The van der Waals surface area contributed by atoms with Crippen molar-refractivity contribution in [1.29, 1.82) is 0 Å². The van der Waals surface area contributed by atoms with Crippen LogP contribution in [0.5, 0.6) is 17.2 Å². The molecule has 1 unspecified atom stereocenters. The minimum Gasteiger partial charge on any atom is -0.490 e. The second-order valence-corrected chi connectivity index (χ2v) is 12.1. The van der Waals surface area contributed by atoms with Crippen LogP contribution in [0.2, 0.25) is 0 Å². The largest absolute Gasteiger partial charge is 0.490 e. The van der Waals surface area contributed by atoms with Crippen LogP contribution in [0.4, 0.5) is 0 Å². The Labute approximate surface area is 171 Å². The molecule has 1 aliphatic rings. The lowest BCUT2D eigenvalue weighted by Gasteiger charge is -2.31. The summed E-state index contributed by atoms with van der Waals surface area (Å²) in [4.78, 5) is 0. The number of hydrogen-bond acceptors (Lipinski definition) is 3. The highest BCUT2D eigenvalue weighted by molar-refractivity contribution is 7.68. The molecule has 0 fully saturated rings. The Morgan fingerprint density at radius 3 is 1.93 bits per heavy atom. The third-order valence-electron chi connectivity index (χ3n) is 4.61. The fourth-order valence-electron chi connectivity index (χ4n) is 3.85. The zero-order valence-electron chi connectivity index (χ0n) is 18.4. The summed E-state index contributed by atoms with van der Waals surface area (Å²) < 4.78 is 18.7. The van der Waals surface area contributed by atoms with E-state index in [4.69, 9.17) is 14.2 Å². The van der Waals surface area contributed by atoms with Gasteiger partial charge in [-0.1, -0.05) is 39.0 Å². The predicted molar refractivity (Wildman–Crippen MR) is 120 cm³/mol. The number of rotatable bonds is 5. The van der Waals surface area contributed by atoms with Crippen LogP contribution in [0.1, 0.15) is 55.4 Å². The smallest absolute Gasteiger partial charge is 0.131 e. The molecule has 0 spiro atoms. The first-order valence-corrected chi connectivity index (χ1v) is 11.6. The maximum atomic E-state index is 6.30. The Morgan fingerprint density at radius 2 is 1.43 bits per heavy atom. The summed E-state index contributed by atoms with van der Waals surface area (Å²) >= 11 is 0. The molecule has 0 radical (unpaired) electrons. The maximum Gasteiger partial charge on any atom is 0.131 e. The zero-order valence-corrected chi connectivity index (χ0v) is 19.3. The van der Waals surface area contributed by atoms with E-state index in [1.54, 1.807) is 0 Å². The van der Waals surface area contributed by atoms with Crippen molar-refractivity contribution in [2.45, 2.75) is 78.6 Å². The van der Waals surface area contributed by atoms with Crippen molar-refractivity contribution in [2.24, 2.45) is 0 Å². The number of hydrogen-bond donors (Lipinski definition) is 0. The quantitative estimate of drug-likeness (QED) is 0.531. The molecule has 2 atom stereocenters. The van der Waals surface area contributed by atoms with Crippen molar-refractivity contribution in [3.05, 3.63) is 36.4 Å². The van der Waals surface area contributed by atoms with Crippen LogP contribution in [0.25, 0.3) is 11.1 Å². The Kier molecular flexibility index (Phi) is 5.96. The fraction of sp³-hybridized carbons (Fsp3) is 0.500. The summed E-state index contributed by atoms with van der Waals surface area (Å²) in [5.74, 6) is 2.93. The summed E-state index contributed by atoms with van der Waals surface area (Å²) in [6, 6.07) is 12.5. The molecular formula is C24H33O3P. The van der Waals surface area contributed by atoms with Gasteiger partial charge in [0.2, 0.25) is 0 Å². The van der Waals surface area contributed by atoms with Crippen molar-refractivity contribution in [2.75, 3.05) is 0 Å². The van der Waals surface area contributed by atoms with Gasteiger partial charge >= 0.3 is 0 Å². The lowest BCUT2D eigenvalue weighted by molar-refractivity contribution is 0.231. The number of ether oxygens (including phenoxy) is 3. The van der Waals surface area contributed by atoms with Crippen LogP contribution >= 0.6 is 7.92 Å². The van der Waals surface area contributed by atoms with E-state index in [0.717, 1.165) is 22.8 Å². The number of fused-ring (bicyclic) bond motifs is 1. The molecule has 3 rings (SSSR count). The molecule has 1 aliphatic heterocycles. The molecule has 3 nitrogen and oxygen atoms in total. The van der Waals surface area contributed by atoms with Crippen molar-refractivity contribution in [3.63, 3.8) is 0 Å². The summed E-state index contributed by atoms with van der Waals surface area (Å²) in [6.45, 7) is 17.4. The molecule has 2 aromatic rings. The summed E-state index contributed by atoms with van der Waals surface area (Å²) in [7, 11) is -0.506. The second-order valence-electron chi connectivity index (χ2n) is 8.87. The lowest BCUT2D eigenvalue weighted by atomic mass is 10.0. The van der Waals surface area contributed by atoms with Crippen molar-refractivity contribution in [3.8, 4) is 28.4 Å². The molecule has 28 heavy (non-hydrogen) atoms. The van der Waals surface area contributed by atoms with Gasteiger partial charge in [-0.25, -0.2) is 0 Å². The van der Waals surface area contributed by atoms with Crippen LogP contribution in [-0.2, 0) is 0 Å². The van der Waals surface area contributed by atoms with Crippen LogP contribution in [0.15, 0.2) is 36.4 Å². The second kappa shape index (κ2) is 7.95. The predicted octanol–water partition coefficient (Wildman–Crippen LogP) is 6.57. The highest BCUT2D eigenvalue weighted by atomic mass is 31.1.